The largest absolute Gasteiger partial charge is 2.00 e. The van der Waals surface area contributed by atoms with Crippen molar-refractivity contribution in [1.29, 1.82) is 0 Å². The fourth-order valence-electron chi connectivity index (χ4n) is 3.36. The Kier molecular flexibility index (Phi) is 28.3. The van der Waals surface area contributed by atoms with Gasteiger partial charge in [-0.15, -0.1) is 0 Å². The second kappa shape index (κ2) is 23.2. The van der Waals surface area contributed by atoms with E-state index in [2.05, 4.69) is 68.5 Å². The maximum atomic E-state index is 8.52. The van der Waals surface area contributed by atoms with Crippen LogP contribution in [-0.4, -0.2) is 70.3 Å². The molecule has 0 atom stereocenters. The Hall–Kier alpha value is -3.45. The zero-order chi connectivity index (χ0) is 23.3. The predicted octanol–water partition coefficient (Wildman–Crippen LogP) is -2.57. The number of hydrogen-bond acceptors (Lipinski definition) is 8. The Morgan fingerprint density at radius 3 is 0.762 bits per heavy atom. The first-order valence-electron chi connectivity index (χ1n) is 9.74. The molecular formula is C24H34CdN4O12S+2. The van der Waals surface area contributed by atoms with Crippen molar-refractivity contribution in [2.45, 2.75) is 0 Å². The molecule has 0 saturated carbocycles. The van der Waals surface area contributed by atoms with Crippen molar-refractivity contribution in [2.24, 2.45) is 0 Å². The van der Waals surface area contributed by atoms with Gasteiger partial charge in [-0.25, -0.2) is 0 Å². The summed E-state index contributed by atoms with van der Waals surface area (Å²) in [6.07, 6.45) is 7.21. The van der Waals surface area contributed by atoms with Crippen LogP contribution in [0.25, 0.3) is 43.6 Å². The molecule has 0 aliphatic heterocycles. The number of fused-ring (bicyclic) bond motifs is 6. The normalized spacial score (nSPS) is 8.62. The van der Waals surface area contributed by atoms with Crippen LogP contribution >= 0.6 is 0 Å². The van der Waals surface area contributed by atoms with E-state index in [1.807, 2.05) is 24.3 Å². The molecule has 0 spiro atoms. The molecule has 4 aromatic heterocycles. The number of rotatable bonds is 0. The van der Waals surface area contributed by atoms with Crippen molar-refractivity contribution >= 4 is 54.0 Å². The maximum absolute atomic E-state index is 8.52. The first-order valence-corrected chi connectivity index (χ1v) is 11.1. The van der Waals surface area contributed by atoms with Gasteiger partial charge in [0.05, 0.1) is 22.1 Å². The van der Waals surface area contributed by atoms with Gasteiger partial charge in [0.1, 0.15) is 0 Å². The molecule has 0 fully saturated rings. The van der Waals surface area contributed by atoms with Crippen molar-refractivity contribution in [3.05, 3.63) is 97.6 Å². The SMILES string of the molecule is O.O.O.O.O.O.O=S(=O)([O-])[O-].[Cd+2].[OH3+].[OH3+].c1cnc2c(c1)ccc1cccnc12.c1cnc2c(c1)ccc1cccnc12. The van der Waals surface area contributed by atoms with E-state index in [1.54, 1.807) is 24.8 Å². The van der Waals surface area contributed by atoms with Crippen molar-refractivity contribution in [1.82, 2.24) is 19.9 Å². The summed E-state index contributed by atoms with van der Waals surface area (Å²) in [5, 5.41) is 4.55. The van der Waals surface area contributed by atoms with E-state index in [9.17, 15) is 0 Å². The number of hydrogen-bond donors (Lipinski definition) is 0. The summed E-state index contributed by atoms with van der Waals surface area (Å²) in [4.78, 5) is 17.4. The zero-order valence-corrected chi connectivity index (χ0v) is 26.8. The van der Waals surface area contributed by atoms with Gasteiger partial charge in [-0.3, -0.25) is 28.4 Å². The molecule has 4 heterocycles. The molecule has 18 N–H and O–H groups in total. The molecule has 18 heteroatoms. The van der Waals surface area contributed by atoms with Crippen LogP contribution in [0.15, 0.2) is 97.6 Å². The summed E-state index contributed by atoms with van der Waals surface area (Å²) in [6, 6.07) is 24.3. The van der Waals surface area contributed by atoms with Crippen LogP contribution in [-0.2, 0) is 48.7 Å². The molecule has 0 bridgehead atoms. The summed E-state index contributed by atoms with van der Waals surface area (Å²) >= 11 is 0. The molecule has 2 aromatic carbocycles. The summed E-state index contributed by atoms with van der Waals surface area (Å²) in [6.45, 7) is 0. The van der Waals surface area contributed by atoms with Crippen molar-refractivity contribution < 1.29 is 88.6 Å². The third kappa shape index (κ3) is 13.5. The number of benzene rings is 2. The standard InChI is InChI=1S/2C12H8N2.Cd.H2O4S.8H2O/c2*1-3-9-5-6-10-4-2-8-14-12(10)11(9)13-7-1;;1-5(2,3)4;;;;;;;;/h2*1-8H;;(H2,1,2,3,4);8*1H2/q;;+2;;;;;;;;;. The van der Waals surface area contributed by atoms with Gasteiger partial charge in [0.25, 0.3) is 0 Å². The van der Waals surface area contributed by atoms with E-state index in [1.165, 1.54) is 0 Å². The summed E-state index contributed by atoms with van der Waals surface area (Å²) in [5.74, 6) is 0. The summed E-state index contributed by atoms with van der Waals surface area (Å²) < 4.78 is 34.1. The molecule has 42 heavy (non-hydrogen) atoms. The van der Waals surface area contributed by atoms with Gasteiger partial charge in [-0.1, -0.05) is 48.5 Å². The molecule has 16 nitrogen and oxygen atoms in total. The fourth-order valence-corrected chi connectivity index (χ4v) is 3.36. The molecule has 6 aromatic rings. The van der Waals surface area contributed by atoms with E-state index in [4.69, 9.17) is 17.5 Å². The second-order valence-corrected chi connectivity index (χ2v) is 7.66. The molecule has 0 aliphatic carbocycles. The van der Waals surface area contributed by atoms with Gasteiger partial charge in [0, 0.05) is 56.7 Å². The zero-order valence-electron chi connectivity index (χ0n) is 21.9. The Balaban J connectivity index is -0.000000113. The predicted molar refractivity (Wildman–Crippen MR) is 156 cm³/mol. The van der Waals surface area contributed by atoms with Crippen LogP contribution in [0.5, 0.6) is 0 Å². The van der Waals surface area contributed by atoms with Crippen molar-refractivity contribution in [3.63, 3.8) is 0 Å². The van der Waals surface area contributed by atoms with Crippen LogP contribution in [0, 0.1) is 0 Å². The Bertz CT molecular complexity index is 1470. The number of pyridine rings is 4. The van der Waals surface area contributed by atoms with Gasteiger partial charge in [-0.05, 0) is 24.3 Å². The van der Waals surface area contributed by atoms with Gasteiger partial charge in [0.2, 0.25) is 0 Å². The van der Waals surface area contributed by atoms with Crippen LogP contribution in [0.4, 0.5) is 0 Å². The van der Waals surface area contributed by atoms with Crippen molar-refractivity contribution in [2.75, 3.05) is 0 Å². The fraction of sp³-hybridized carbons (Fsp3) is 0. The van der Waals surface area contributed by atoms with Gasteiger partial charge in [0.15, 0.2) is 0 Å². The van der Waals surface area contributed by atoms with Crippen LogP contribution < -0.4 is 0 Å². The summed E-state index contributed by atoms with van der Waals surface area (Å²) in [7, 11) is -5.17. The average Bonchev–Trinajstić information content (AvgIpc) is 2.83. The average molecular weight is 715 g/mol. The van der Waals surface area contributed by atoms with E-state index >= 15 is 0 Å². The Morgan fingerprint density at radius 1 is 0.429 bits per heavy atom. The van der Waals surface area contributed by atoms with Crippen LogP contribution in [0.3, 0.4) is 0 Å². The topological polar surface area (TPSA) is 387 Å². The molecule has 6 rings (SSSR count). The molecule has 0 amide bonds. The molecule has 0 radical (unpaired) electrons. The van der Waals surface area contributed by atoms with Crippen LogP contribution in [0.2, 0.25) is 0 Å². The maximum Gasteiger partial charge on any atom is 2.00 e. The van der Waals surface area contributed by atoms with Crippen molar-refractivity contribution in [3.8, 4) is 0 Å². The van der Waals surface area contributed by atoms with E-state index in [0.29, 0.717) is 0 Å². The van der Waals surface area contributed by atoms with Gasteiger partial charge < -0.3 is 52.9 Å². The number of nitrogens with zero attached hydrogens (tertiary/aromatic N) is 4. The van der Waals surface area contributed by atoms with Gasteiger partial charge >= 0.3 is 27.3 Å². The second-order valence-electron chi connectivity index (χ2n) is 6.84. The minimum atomic E-state index is -5.17. The smallest absolute Gasteiger partial charge is 0.759 e. The van der Waals surface area contributed by atoms with Gasteiger partial charge in [-0.2, -0.15) is 0 Å². The quantitative estimate of drug-likeness (QED) is 0.0528. The van der Waals surface area contributed by atoms with E-state index < -0.39 is 10.4 Å². The third-order valence-electron chi connectivity index (χ3n) is 4.69. The number of aromatic nitrogens is 4. The molecule has 228 valence electrons. The Morgan fingerprint density at radius 2 is 0.595 bits per heavy atom. The summed E-state index contributed by atoms with van der Waals surface area (Å²) in [5.41, 5.74) is 3.91. The molecular weight excluding hydrogens is 681 g/mol. The Labute approximate surface area is 259 Å². The minimum Gasteiger partial charge on any atom is -0.759 e. The third-order valence-corrected chi connectivity index (χ3v) is 4.69. The first-order chi connectivity index (χ1) is 15.9. The molecule has 0 unspecified atom stereocenters. The first kappa shape index (κ1) is 51.3. The molecule has 0 saturated heterocycles. The monoisotopic (exact) mass is 716 g/mol. The van der Waals surface area contributed by atoms with E-state index in [0.717, 1.165) is 43.6 Å². The minimum absolute atomic E-state index is 0. The molecule has 0 aliphatic rings. The van der Waals surface area contributed by atoms with E-state index in [-0.39, 0.29) is 71.1 Å². The van der Waals surface area contributed by atoms with Crippen LogP contribution in [0.1, 0.15) is 0 Å².